The fourth-order valence-corrected chi connectivity index (χ4v) is 3.26. The van der Waals surface area contributed by atoms with Crippen LogP contribution >= 0.6 is 11.6 Å². The molecule has 0 heterocycles. The maximum absolute atomic E-state index is 13.9. The summed E-state index contributed by atoms with van der Waals surface area (Å²) in [5, 5.41) is 9.00. The highest BCUT2D eigenvalue weighted by atomic mass is 35.5. The van der Waals surface area contributed by atoms with Crippen LogP contribution in [0.5, 0.6) is 0 Å². The minimum atomic E-state index is -4.02. The van der Waals surface area contributed by atoms with Crippen molar-refractivity contribution in [2.45, 2.75) is 37.8 Å². The molecule has 0 fully saturated rings. The second-order valence-corrected chi connectivity index (χ2v) is 6.98. The first-order chi connectivity index (χ1) is 8.07. The molecule has 18 heavy (non-hydrogen) atoms. The Morgan fingerprint density at radius 1 is 1.39 bits per heavy atom. The van der Waals surface area contributed by atoms with Crippen LogP contribution in [0.15, 0.2) is 17.0 Å². The zero-order valence-corrected chi connectivity index (χ0v) is 11.9. The van der Waals surface area contributed by atoms with Crippen LogP contribution in [0.3, 0.4) is 0 Å². The third kappa shape index (κ3) is 3.65. The number of aliphatic hydroxyl groups is 1. The van der Waals surface area contributed by atoms with Gasteiger partial charge in [0.25, 0.3) is 0 Å². The van der Waals surface area contributed by atoms with Crippen molar-refractivity contribution < 1.29 is 17.9 Å². The summed E-state index contributed by atoms with van der Waals surface area (Å²) in [5.74, 6) is -0.987. The normalized spacial score (nSPS) is 12.8. The van der Waals surface area contributed by atoms with E-state index in [1.807, 2.05) is 0 Å². The van der Waals surface area contributed by atoms with Gasteiger partial charge in [0.1, 0.15) is 10.7 Å². The molecule has 0 aliphatic rings. The molecule has 0 unspecified atom stereocenters. The van der Waals surface area contributed by atoms with Crippen LogP contribution in [0.1, 0.15) is 26.3 Å². The van der Waals surface area contributed by atoms with Gasteiger partial charge >= 0.3 is 0 Å². The molecule has 0 spiro atoms. The van der Waals surface area contributed by atoms with Crippen LogP contribution in [0.4, 0.5) is 4.39 Å². The topological polar surface area (TPSA) is 66.4 Å². The molecular formula is C11H15ClFNO3S. The Balaban J connectivity index is 3.37. The summed E-state index contributed by atoms with van der Waals surface area (Å²) in [6.07, 6.45) is 0. The highest BCUT2D eigenvalue weighted by molar-refractivity contribution is 7.89. The summed E-state index contributed by atoms with van der Waals surface area (Å²) < 4.78 is 40.2. The van der Waals surface area contributed by atoms with Crippen molar-refractivity contribution in [2.24, 2.45) is 0 Å². The van der Waals surface area contributed by atoms with E-state index in [2.05, 4.69) is 4.72 Å². The number of halogens is 2. The summed E-state index contributed by atoms with van der Waals surface area (Å²) in [6.45, 7) is 4.30. The van der Waals surface area contributed by atoms with Gasteiger partial charge in [0, 0.05) is 16.1 Å². The van der Waals surface area contributed by atoms with E-state index >= 15 is 0 Å². The van der Waals surface area contributed by atoms with Crippen LogP contribution in [-0.4, -0.2) is 19.1 Å². The third-order valence-electron chi connectivity index (χ3n) is 1.98. The molecule has 1 aromatic rings. The smallest absolute Gasteiger partial charge is 0.244 e. The van der Waals surface area contributed by atoms with Gasteiger partial charge in [-0.15, -0.1) is 0 Å². The second kappa shape index (κ2) is 5.13. The summed E-state index contributed by atoms with van der Waals surface area (Å²) >= 11 is 5.71. The molecule has 1 rings (SSSR count). The van der Waals surface area contributed by atoms with Gasteiger partial charge in [0.05, 0.1) is 6.61 Å². The largest absolute Gasteiger partial charge is 0.392 e. The second-order valence-electron chi connectivity index (χ2n) is 4.89. The van der Waals surface area contributed by atoms with Crippen molar-refractivity contribution in [2.75, 3.05) is 0 Å². The number of nitrogens with one attached hydrogen (secondary N) is 1. The molecule has 4 nitrogen and oxygen atoms in total. The van der Waals surface area contributed by atoms with Crippen molar-refractivity contribution in [3.8, 4) is 0 Å². The first-order valence-corrected chi connectivity index (χ1v) is 7.06. The number of hydrogen-bond donors (Lipinski definition) is 2. The fourth-order valence-electron chi connectivity index (χ4n) is 1.39. The lowest BCUT2D eigenvalue weighted by Crippen LogP contribution is -2.40. The van der Waals surface area contributed by atoms with E-state index in [0.29, 0.717) is 0 Å². The summed E-state index contributed by atoms with van der Waals surface area (Å²) in [7, 11) is -4.02. The van der Waals surface area contributed by atoms with Crippen LogP contribution < -0.4 is 4.72 Å². The van der Waals surface area contributed by atoms with Crippen molar-refractivity contribution in [3.63, 3.8) is 0 Å². The molecule has 0 amide bonds. The van der Waals surface area contributed by atoms with Gasteiger partial charge in [-0.25, -0.2) is 17.5 Å². The predicted molar refractivity (Wildman–Crippen MR) is 67.4 cm³/mol. The Kier molecular flexibility index (Phi) is 4.38. The van der Waals surface area contributed by atoms with Crippen LogP contribution in [0.2, 0.25) is 5.02 Å². The van der Waals surface area contributed by atoms with E-state index in [-0.39, 0.29) is 10.6 Å². The molecule has 1 aromatic carbocycles. The van der Waals surface area contributed by atoms with E-state index in [9.17, 15) is 12.8 Å². The van der Waals surface area contributed by atoms with Gasteiger partial charge in [-0.1, -0.05) is 11.6 Å². The summed E-state index contributed by atoms with van der Waals surface area (Å²) in [6, 6.07) is 2.21. The first-order valence-electron chi connectivity index (χ1n) is 5.19. The summed E-state index contributed by atoms with van der Waals surface area (Å²) in [5.41, 5.74) is -0.899. The molecule has 0 aliphatic carbocycles. The molecule has 0 saturated carbocycles. The molecule has 0 atom stereocenters. The maximum atomic E-state index is 13.9. The fraction of sp³-hybridized carbons (Fsp3) is 0.455. The van der Waals surface area contributed by atoms with E-state index in [1.54, 1.807) is 20.8 Å². The van der Waals surface area contributed by atoms with Crippen LogP contribution in [0.25, 0.3) is 0 Å². The van der Waals surface area contributed by atoms with Crippen molar-refractivity contribution >= 4 is 21.6 Å². The van der Waals surface area contributed by atoms with Crippen molar-refractivity contribution in [1.29, 1.82) is 0 Å². The Labute approximate surface area is 111 Å². The summed E-state index contributed by atoms with van der Waals surface area (Å²) in [4.78, 5) is -0.561. The Hall–Kier alpha value is -0.690. The quantitative estimate of drug-likeness (QED) is 0.897. The van der Waals surface area contributed by atoms with E-state index in [1.165, 1.54) is 6.07 Å². The maximum Gasteiger partial charge on any atom is 0.244 e. The van der Waals surface area contributed by atoms with Crippen molar-refractivity contribution in [3.05, 3.63) is 28.5 Å². The van der Waals surface area contributed by atoms with E-state index < -0.39 is 32.9 Å². The number of benzene rings is 1. The van der Waals surface area contributed by atoms with Crippen LogP contribution in [-0.2, 0) is 16.6 Å². The van der Waals surface area contributed by atoms with E-state index in [4.69, 9.17) is 16.7 Å². The Bertz CT molecular complexity index is 552. The van der Waals surface area contributed by atoms with Gasteiger partial charge in [-0.2, -0.15) is 0 Å². The minimum absolute atomic E-state index is 0.0507. The predicted octanol–water partition coefficient (Wildman–Crippen LogP) is 2.05. The van der Waals surface area contributed by atoms with Gasteiger partial charge in [0.2, 0.25) is 10.0 Å². The van der Waals surface area contributed by atoms with Gasteiger partial charge in [0.15, 0.2) is 0 Å². The average molecular weight is 296 g/mol. The lowest BCUT2D eigenvalue weighted by Gasteiger charge is -2.21. The molecule has 0 aliphatic heterocycles. The SMILES string of the molecule is CC(C)(C)NS(=O)(=O)c1cc(Cl)cc(CO)c1F. The molecule has 0 bridgehead atoms. The third-order valence-corrected chi connectivity index (χ3v) is 3.96. The number of rotatable bonds is 3. The molecule has 0 aromatic heterocycles. The lowest BCUT2D eigenvalue weighted by atomic mass is 10.1. The highest BCUT2D eigenvalue weighted by Crippen LogP contribution is 2.24. The Morgan fingerprint density at radius 3 is 2.39 bits per heavy atom. The molecule has 2 N–H and O–H groups in total. The molecule has 7 heteroatoms. The average Bonchev–Trinajstić information content (AvgIpc) is 2.17. The van der Waals surface area contributed by atoms with Gasteiger partial charge in [-0.05, 0) is 32.9 Å². The zero-order valence-electron chi connectivity index (χ0n) is 10.3. The van der Waals surface area contributed by atoms with Crippen LogP contribution in [0, 0.1) is 5.82 Å². The van der Waals surface area contributed by atoms with Crippen molar-refractivity contribution in [1.82, 2.24) is 4.72 Å². The molecule has 102 valence electrons. The molecular weight excluding hydrogens is 281 g/mol. The van der Waals surface area contributed by atoms with Gasteiger partial charge in [-0.3, -0.25) is 0 Å². The highest BCUT2D eigenvalue weighted by Gasteiger charge is 2.26. The van der Waals surface area contributed by atoms with E-state index in [0.717, 1.165) is 6.07 Å². The monoisotopic (exact) mass is 295 g/mol. The standard InChI is InChI=1S/C11H15ClFNO3S/c1-11(2,3)14-18(16,17)9-5-8(12)4-7(6-15)10(9)13/h4-5,14-15H,6H2,1-3H3. The number of hydrogen-bond acceptors (Lipinski definition) is 3. The van der Waals surface area contributed by atoms with Gasteiger partial charge < -0.3 is 5.11 Å². The first kappa shape index (κ1) is 15.4. The number of aliphatic hydroxyl groups excluding tert-OH is 1. The minimum Gasteiger partial charge on any atom is -0.392 e. The molecule has 0 radical (unpaired) electrons. The zero-order chi connectivity index (χ0) is 14.1. The molecule has 0 saturated heterocycles. The number of sulfonamides is 1. The lowest BCUT2D eigenvalue weighted by molar-refractivity contribution is 0.274. The Morgan fingerprint density at radius 2 is 1.94 bits per heavy atom.